The van der Waals surface area contributed by atoms with Crippen molar-refractivity contribution in [3.05, 3.63) is 0 Å². The van der Waals surface area contributed by atoms with E-state index in [0.717, 1.165) is 19.4 Å². The van der Waals surface area contributed by atoms with E-state index in [0.29, 0.717) is 12.6 Å². The Kier molecular flexibility index (Phi) is 3.79. The molecule has 1 heterocycles. The van der Waals surface area contributed by atoms with Crippen LogP contribution in [0.25, 0.3) is 0 Å². The van der Waals surface area contributed by atoms with Crippen LogP contribution in [0.2, 0.25) is 0 Å². The molecular weight excluding hydrogens is 202 g/mol. The number of rotatable bonds is 3. The fourth-order valence-corrected chi connectivity index (χ4v) is 2.66. The number of hydrogen-bond acceptors (Lipinski definition) is 3. The van der Waals surface area contributed by atoms with Gasteiger partial charge in [-0.25, -0.2) is 0 Å². The van der Waals surface area contributed by atoms with Crippen LogP contribution < -0.4 is 5.32 Å². The maximum absolute atomic E-state index is 11.9. The predicted octanol–water partition coefficient (Wildman–Crippen LogP) is 1.03. The first kappa shape index (κ1) is 11.4. The van der Waals surface area contributed by atoms with Crippen LogP contribution in [0.1, 0.15) is 38.5 Å². The summed E-state index contributed by atoms with van der Waals surface area (Å²) in [6.45, 7) is 1.16. The van der Waals surface area contributed by atoms with Crippen LogP contribution in [0, 0.1) is 11.3 Å². The van der Waals surface area contributed by atoms with Crippen molar-refractivity contribution in [1.82, 2.24) is 10.2 Å². The Labute approximate surface area is 96.6 Å². The number of hydrogen-bond donors (Lipinski definition) is 1. The lowest BCUT2D eigenvalue weighted by Gasteiger charge is -2.21. The van der Waals surface area contributed by atoms with E-state index in [-0.39, 0.29) is 11.9 Å². The molecule has 2 aliphatic rings. The summed E-state index contributed by atoms with van der Waals surface area (Å²) in [6.07, 6.45) is 6.73. The number of nitrogens with zero attached hydrogens (tertiary/aromatic N) is 2. The third-order valence-electron chi connectivity index (χ3n) is 3.62. The third kappa shape index (κ3) is 2.53. The average molecular weight is 221 g/mol. The van der Waals surface area contributed by atoms with Crippen molar-refractivity contribution in [2.75, 3.05) is 13.1 Å². The summed E-state index contributed by atoms with van der Waals surface area (Å²) < 4.78 is 0. The lowest BCUT2D eigenvalue weighted by atomic mass is 10.2. The first-order valence-corrected chi connectivity index (χ1v) is 6.23. The molecule has 0 spiro atoms. The zero-order valence-electron chi connectivity index (χ0n) is 9.61. The highest BCUT2D eigenvalue weighted by Gasteiger charge is 2.28. The van der Waals surface area contributed by atoms with Crippen molar-refractivity contribution >= 4 is 5.91 Å². The van der Waals surface area contributed by atoms with E-state index in [2.05, 4.69) is 11.4 Å². The van der Waals surface area contributed by atoms with Gasteiger partial charge >= 0.3 is 0 Å². The van der Waals surface area contributed by atoms with Crippen LogP contribution in [0.15, 0.2) is 0 Å². The molecule has 1 atom stereocenters. The number of likely N-dealkylation sites (tertiary alicyclic amines) is 1. The second kappa shape index (κ2) is 5.31. The van der Waals surface area contributed by atoms with Crippen LogP contribution in [-0.4, -0.2) is 36.0 Å². The molecule has 0 aromatic rings. The van der Waals surface area contributed by atoms with Crippen molar-refractivity contribution in [2.45, 2.75) is 50.6 Å². The number of amides is 1. The van der Waals surface area contributed by atoms with Gasteiger partial charge in [0.05, 0.1) is 12.6 Å². The van der Waals surface area contributed by atoms with Crippen LogP contribution >= 0.6 is 0 Å². The van der Waals surface area contributed by atoms with Gasteiger partial charge in [0.15, 0.2) is 0 Å². The minimum atomic E-state index is -0.183. The third-order valence-corrected chi connectivity index (χ3v) is 3.62. The molecule has 1 saturated heterocycles. The molecule has 1 amide bonds. The Bertz CT molecular complexity index is 291. The number of nitrogens with one attached hydrogen (secondary N) is 1. The lowest BCUT2D eigenvalue weighted by Crippen LogP contribution is -2.42. The molecule has 1 N–H and O–H groups in total. The van der Waals surface area contributed by atoms with Gasteiger partial charge in [-0.2, -0.15) is 5.26 Å². The summed E-state index contributed by atoms with van der Waals surface area (Å²) in [6, 6.07) is 2.54. The molecule has 1 aliphatic heterocycles. The maximum atomic E-state index is 11.9. The normalized spacial score (nSPS) is 25.9. The largest absolute Gasteiger partial charge is 0.326 e. The quantitative estimate of drug-likeness (QED) is 0.774. The summed E-state index contributed by atoms with van der Waals surface area (Å²) in [5.41, 5.74) is 0. The van der Waals surface area contributed by atoms with E-state index in [9.17, 15) is 4.79 Å². The van der Waals surface area contributed by atoms with E-state index < -0.39 is 0 Å². The second-order valence-electron chi connectivity index (χ2n) is 4.74. The van der Waals surface area contributed by atoms with Gasteiger partial charge in [-0.05, 0) is 25.7 Å². The molecule has 0 bridgehead atoms. The molecule has 88 valence electrons. The summed E-state index contributed by atoms with van der Waals surface area (Å²) in [5, 5.41) is 12.2. The SMILES string of the molecule is N#CC1CCCN1C(=O)CNC1CCCC1. The second-order valence-corrected chi connectivity index (χ2v) is 4.74. The summed E-state index contributed by atoms with van der Waals surface area (Å²) in [5.74, 6) is 0.0935. The molecule has 1 unspecified atom stereocenters. The first-order valence-electron chi connectivity index (χ1n) is 6.23. The van der Waals surface area contributed by atoms with Gasteiger partial charge < -0.3 is 10.2 Å². The van der Waals surface area contributed by atoms with Gasteiger partial charge in [0.1, 0.15) is 6.04 Å². The Balaban J connectivity index is 1.76. The van der Waals surface area contributed by atoms with E-state index in [1.54, 1.807) is 4.90 Å². The van der Waals surface area contributed by atoms with Gasteiger partial charge in [-0.15, -0.1) is 0 Å². The van der Waals surface area contributed by atoms with Crippen LogP contribution in [0.3, 0.4) is 0 Å². The van der Waals surface area contributed by atoms with Gasteiger partial charge in [0.2, 0.25) is 5.91 Å². The van der Waals surface area contributed by atoms with Crippen molar-refractivity contribution in [3.8, 4) is 6.07 Å². The van der Waals surface area contributed by atoms with Crippen molar-refractivity contribution in [2.24, 2.45) is 0 Å². The monoisotopic (exact) mass is 221 g/mol. The van der Waals surface area contributed by atoms with Crippen molar-refractivity contribution < 1.29 is 4.79 Å². The number of nitriles is 1. The summed E-state index contributed by atoms with van der Waals surface area (Å²) in [4.78, 5) is 13.6. The average Bonchev–Trinajstić information content (AvgIpc) is 2.96. The smallest absolute Gasteiger partial charge is 0.237 e. The molecule has 2 fully saturated rings. The minimum Gasteiger partial charge on any atom is -0.326 e. The summed E-state index contributed by atoms with van der Waals surface area (Å²) >= 11 is 0. The molecule has 1 saturated carbocycles. The topological polar surface area (TPSA) is 56.1 Å². The van der Waals surface area contributed by atoms with Crippen molar-refractivity contribution in [1.29, 1.82) is 5.26 Å². The fraction of sp³-hybridized carbons (Fsp3) is 0.833. The number of carbonyl (C=O) groups excluding carboxylic acids is 1. The molecular formula is C12H19N3O. The van der Waals surface area contributed by atoms with Gasteiger partial charge in [0, 0.05) is 12.6 Å². The first-order chi connectivity index (χ1) is 7.81. The Hall–Kier alpha value is -1.08. The molecule has 0 aromatic carbocycles. The maximum Gasteiger partial charge on any atom is 0.237 e. The molecule has 0 aromatic heterocycles. The highest BCUT2D eigenvalue weighted by Crippen LogP contribution is 2.18. The van der Waals surface area contributed by atoms with E-state index in [1.165, 1.54) is 25.7 Å². The molecule has 0 radical (unpaired) electrons. The van der Waals surface area contributed by atoms with E-state index in [1.807, 2.05) is 0 Å². The number of carbonyl (C=O) groups is 1. The van der Waals surface area contributed by atoms with Crippen LogP contribution in [0.4, 0.5) is 0 Å². The molecule has 4 nitrogen and oxygen atoms in total. The highest BCUT2D eigenvalue weighted by molar-refractivity contribution is 5.79. The Morgan fingerprint density at radius 1 is 1.31 bits per heavy atom. The van der Waals surface area contributed by atoms with E-state index >= 15 is 0 Å². The zero-order valence-corrected chi connectivity index (χ0v) is 9.61. The molecule has 16 heavy (non-hydrogen) atoms. The highest BCUT2D eigenvalue weighted by atomic mass is 16.2. The zero-order chi connectivity index (χ0) is 11.4. The molecule has 1 aliphatic carbocycles. The van der Waals surface area contributed by atoms with Crippen molar-refractivity contribution in [3.63, 3.8) is 0 Å². The van der Waals surface area contributed by atoms with Crippen LogP contribution in [-0.2, 0) is 4.79 Å². The molecule has 2 rings (SSSR count). The van der Waals surface area contributed by atoms with Gasteiger partial charge in [-0.3, -0.25) is 4.79 Å². The lowest BCUT2D eigenvalue weighted by molar-refractivity contribution is -0.130. The Morgan fingerprint density at radius 3 is 2.75 bits per heavy atom. The van der Waals surface area contributed by atoms with Gasteiger partial charge in [-0.1, -0.05) is 12.8 Å². The van der Waals surface area contributed by atoms with E-state index in [4.69, 9.17) is 5.26 Å². The Morgan fingerprint density at radius 2 is 2.06 bits per heavy atom. The molecule has 4 heteroatoms. The fourth-order valence-electron chi connectivity index (χ4n) is 2.66. The standard InChI is InChI=1S/C12H19N3O/c13-8-11-6-3-7-15(11)12(16)9-14-10-4-1-2-5-10/h10-11,14H,1-7,9H2. The summed E-state index contributed by atoms with van der Waals surface area (Å²) in [7, 11) is 0. The van der Waals surface area contributed by atoms with Gasteiger partial charge in [0.25, 0.3) is 0 Å². The predicted molar refractivity (Wildman–Crippen MR) is 60.6 cm³/mol. The van der Waals surface area contributed by atoms with Crippen LogP contribution in [0.5, 0.6) is 0 Å². The minimum absolute atomic E-state index is 0.0935.